The van der Waals surface area contributed by atoms with Crippen LogP contribution in [0, 0.1) is 0 Å². The number of carbonyl (C=O) groups excluding carboxylic acids is 1. The van der Waals surface area contributed by atoms with Crippen LogP contribution < -0.4 is 5.32 Å². The van der Waals surface area contributed by atoms with Crippen LogP contribution in [0.15, 0.2) is 54.6 Å². The molecule has 4 heteroatoms. The minimum atomic E-state index is 0.0271. The van der Waals surface area contributed by atoms with Crippen molar-refractivity contribution in [3.8, 4) is 11.1 Å². The van der Waals surface area contributed by atoms with E-state index in [1.54, 1.807) is 0 Å². The van der Waals surface area contributed by atoms with Gasteiger partial charge in [0.2, 0.25) is 5.91 Å². The number of anilines is 1. The molecular weight excluding hydrogens is 312 g/mol. The highest BCUT2D eigenvalue weighted by atomic mass is 16.2. The summed E-state index contributed by atoms with van der Waals surface area (Å²) < 4.78 is 0. The van der Waals surface area contributed by atoms with Crippen LogP contribution in [0.2, 0.25) is 0 Å². The highest BCUT2D eigenvalue weighted by molar-refractivity contribution is 5.96. The molecule has 1 amide bonds. The molecule has 25 heavy (non-hydrogen) atoms. The lowest BCUT2D eigenvalue weighted by molar-refractivity contribution is -0.117. The van der Waals surface area contributed by atoms with Gasteiger partial charge < -0.3 is 10.4 Å². The number of aliphatic hydroxyl groups is 1. The molecule has 0 saturated heterocycles. The molecule has 4 nitrogen and oxygen atoms in total. The van der Waals surface area contributed by atoms with Gasteiger partial charge >= 0.3 is 0 Å². The van der Waals surface area contributed by atoms with E-state index in [-0.39, 0.29) is 12.5 Å². The fraction of sp³-hybridized carbons (Fsp3) is 0.381. The summed E-state index contributed by atoms with van der Waals surface area (Å²) in [6.07, 6.45) is 4.07. The Morgan fingerprint density at radius 3 is 2.48 bits per heavy atom. The number of aliphatic hydroxyl groups excluding tert-OH is 1. The molecule has 2 aromatic rings. The topological polar surface area (TPSA) is 52.6 Å². The minimum Gasteiger partial charge on any atom is -0.396 e. The fourth-order valence-corrected chi connectivity index (χ4v) is 3.09. The third kappa shape index (κ3) is 5.15. The van der Waals surface area contributed by atoms with Crippen molar-refractivity contribution >= 4 is 11.6 Å². The Bertz CT molecular complexity index is 683. The Labute approximate surface area is 149 Å². The third-order valence-corrected chi connectivity index (χ3v) is 4.55. The average Bonchev–Trinajstić information content (AvgIpc) is 3.47. The number of carbonyl (C=O) groups is 1. The summed E-state index contributed by atoms with van der Waals surface area (Å²) in [6, 6.07) is 18.6. The Morgan fingerprint density at radius 1 is 1.04 bits per heavy atom. The maximum absolute atomic E-state index is 12.6. The zero-order chi connectivity index (χ0) is 17.5. The predicted molar refractivity (Wildman–Crippen MR) is 101 cm³/mol. The molecule has 3 rings (SSSR count). The van der Waals surface area contributed by atoms with Gasteiger partial charge in [0.15, 0.2) is 0 Å². The average molecular weight is 338 g/mol. The predicted octanol–water partition coefficient (Wildman–Crippen LogP) is 3.53. The monoisotopic (exact) mass is 338 g/mol. The Balaban J connectivity index is 1.64. The summed E-state index contributed by atoms with van der Waals surface area (Å²) in [7, 11) is 0. The normalized spacial score (nSPS) is 13.8. The molecule has 2 aromatic carbocycles. The number of nitrogens with zero attached hydrogens (tertiary/aromatic N) is 1. The molecule has 0 spiro atoms. The summed E-state index contributed by atoms with van der Waals surface area (Å²) in [6.45, 7) is 1.51. The zero-order valence-corrected chi connectivity index (χ0v) is 14.5. The maximum Gasteiger partial charge on any atom is 0.238 e. The largest absolute Gasteiger partial charge is 0.396 e. The lowest BCUT2D eigenvalue weighted by Gasteiger charge is -2.21. The lowest BCUT2D eigenvalue weighted by Crippen LogP contribution is -2.35. The molecule has 1 fully saturated rings. The second kappa shape index (κ2) is 8.79. The van der Waals surface area contributed by atoms with E-state index >= 15 is 0 Å². The summed E-state index contributed by atoms with van der Waals surface area (Å²) in [4.78, 5) is 14.8. The Kier molecular flexibility index (Phi) is 6.20. The number of benzene rings is 2. The smallest absolute Gasteiger partial charge is 0.238 e. The van der Waals surface area contributed by atoms with Gasteiger partial charge in [0, 0.05) is 23.9 Å². The van der Waals surface area contributed by atoms with Gasteiger partial charge in [0.25, 0.3) is 0 Å². The molecule has 0 aromatic heterocycles. The highest BCUT2D eigenvalue weighted by Gasteiger charge is 2.29. The molecule has 0 radical (unpaired) electrons. The van der Waals surface area contributed by atoms with Gasteiger partial charge in [0.1, 0.15) is 0 Å². The summed E-state index contributed by atoms with van der Waals surface area (Å²) in [5, 5.41) is 12.0. The van der Waals surface area contributed by atoms with E-state index in [9.17, 15) is 4.79 Å². The van der Waals surface area contributed by atoms with Crippen LogP contribution in [-0.2, 0) is 4.79 Å². The molecule has 0 atom stereocenters. The molecular formula is C21H26N2O2. The van der Waals surface area contributed by atoms with Crippen LogP contribution in [0.4, 0.5) is 5.69 Å². The van der Waals surface area contributed by atoms with Crippen molar-refractivity contribution in [2.24, 2.45) is 0 Å². The van der Waals surface area contributed by atoms with Crippen LogP contribution in [0.25, 0.3) is 11.1 Å². The fourth-order valence-electron chi connectivity index (χ4n) is 3.09. The molecule has 2 N–H and O–H groups in total. The zero-order valence-electron chi connectivity index (χ0n) is 14.5. The molecule has 1 aliphatic carbocycles. The van der Waals surface area contributed by atoms with Crippen molar-refractivity contribution in [3.63, 3.8) is 0 Å². The summed E-state index contributed by atoms with van der Waals surface area (Å²) >= 11 is 0. The van der Waals surface area contributed by atoms with Gasteiger partial charge in [-0.05, 0) is 43.9 Å². The number of amides is 1. The molecule has 0 unspecified atom stereocenters. The minimum absolute atomic E-state index is 0.0271. The SMILES string of the molecule is O=C(CN(CCCCO)C1CC1)Nc1ccccc1-c1ccccc1. The van der Waals surface area contributed by atoms with Gasteiger partial charge in [-0.2, -0.15) is 0 Å². The van der Waals surface area contributed by atoms with Crippen LogP contribution in [0.1, 0.15) is 25.7 Å². The first-order valence-corrected chi connectivity index (χ1v) is 9.07. The Hall–Kier alpha value is -2.17. The van der Waals surface area contributed by atoms with Crippen molar-refractivity contribution in [1.29, 1.82) is 0 Å². The van der Waals surface area contributed by atoms with E-state index in [0.717, 1.165) is 36.2 Å². The molecule has 0 bridgehead atoms. The van der Waals surface area contributed by atoms with Crippen molar-refractivity contribution in [2.45, 2.75) is 31.7 Å². The molecule has 132 valence electrons. The highest BCUT2D eigenvalue weighted by Crippen LogP contribution is 2.29. The maximum atomic E-state index is 12.6. The first-order valence-electron chi connectivity index (χ1n) is 9.07. The van der Waals surface area contributed by atoms with Crippen LogP contribution in [0.3, 0.4) is 0 Å². The molecule has 0 heterocycles. The quantitative estimate of drug-likeness (QED) is 0.688. The Morgan fingerprint density at radius 2 is 1.76 bits per heavy atom. The van der Waals surface area contributed by atoms with Crippen molar-refractivity contribution in [3.05, 3.63) is 54.6 Å². The number of nitrogens with one attached hydrogen (secondary N) is 1. The van der Waals surface area contributed by atoms with Crippen molar-refractivity contribution in [2.75, 3.05) is 25.0 Å². The van der Waals surface area contributed by atoms with E-state index in [4.69, 9.17) is 5.11 Å². The van der Waals surface area contributed by atoms with Gasteiger partial charge in [-0.15, -0.1) is 0 Å². The first-order chi connectivity index (χ1) is 12.3. The molecule has 1 aliphatic rings. The summed E-state index contributed by atoms with van der Waals surface area (Å²) in [5.74, 6) is 0.0271. The van der Waals surface area contributed by atoms with Crippen molar-refractivity contribution in [1.82, 2.24) is 4.90 Å². The standard InChI is InChI=1S/C21H26N2O2/c24-15-7-6-14-23(18-12-13-18)16-21(25)22-20-11-5-4-10-19(20)17-8-2-1-3-9-17/h1-5,8-11,18,24H,6-7,12-16H2,(H,22,25). The van der Waals surface area contributed by atoms with E-state index in [1.165, 1.54) is 12.8 Å². The summed E-state index contributed by atoms with van der Waals surface area (Å²) in [5.41, 5.74) is 2.99. The van der Waals surface area contributed by atoms with E-state index in [2.05, 4.69) is 22.3 Å². The van der Waals surface area contributed by atoms with E-state index in [0.29, 0.717) is 12.6 Å². The van der Waals surface area contributed by atoms with Crippen LogP contribution in [0.5, 0.6) is 0 Å². The number of rotatable bonds is 9. The number of hydrogen-bond acceptors (Lipinski definition) is 3. The van der Waals surface area contributed by atoms with Crippen LogP contribution in [-0.4, -0.2) is 41.7 Å². The van der Waals surface area contributed by atoms with Gasteiger partial charge in [-0.3, -0.25) is 9.69 Å². The second-order valence-electron chi connectivity index (χ2n) is 6.59. The second-order valence-corrected chi connectivity index (χ2v) is 6.59. The number of unbranched alkanes of at least 4 members (excludes halogenated alkanes) is 1. The van der Waals surface area contributed by atoms with Gasteiger partial charge in [0.05, 0.1) is 6.54 Å². The number of para-hydroxylation sites is 1. The van der Waals surface area contributed by atoms with Crippen molar-refractivity contribution < 1.29 is 9.90 Å². The first kappa shape index (κ1) is 17.6. The van der Waals surface area contributed by atoms with Gasteiger partial charge in [-0.1, -0.05) is 48.5 Å². The van der Waals surface area contributed by atoms with E-state index in [1.807, 2.05) is 42.5 Å². The third-order valence-electron chi connectivity index (χ3n) is 4.55. The van der Waals surface area contributed by atoms with E-state index < -0.39 is 0 Å². The number of hydrogen-bond donors (Lipinski definition) is 2. The molecule has 1 saturated carbocycles. The molecule has 0 aliphatic heterocycles. The van der Waals surface area contributed by atoms with Gasteiger partial charge in [-0.25, -0.2) is 0 Å². The lowest BCUT2D eigenvalue weighted by atomic mass is 10.0. The van der Waals surface area contributed by atoms with Crippen LogP contribution >= 0.6 is 0 Å².